The first-order valence-corrected chi connectivity index (χ1v) is 7.28. The van der Waals surface area contributed by atoms with Crippen molar-refractivity contribution in [1.82, 2.24) is 20.3 Å². The quantitative estimate of drug-likeness (QED) is 0.895. The Bertz CT molecular complexity index is 470. The number of carbonyl (C=O) groups is 1. The average molecular weight is 262 g/mol. The molecule has 0 spiro atoms. The van der Waals surface area contributed by atoms with Gasteiger partial charge in [0.15, 0.2) is 0 Å². The third-order valence-electron chi connectivity index (χ3n) is 4.78. The van der Waals surface area contributed by atoms with Crippen LogP contribution in [0, 0.1) is 24.7 Å². The van der Waals surface area contributed by atoms with Crippen LogP contribution in [0.3, 0.4) is 0 Å². The molecule has 0 radical (unpaired) electrons. The third kappa shape index (κ3) is 2.65. The number of aryl methyl sites for hydroxylation is 1. The van der Waals surface area contributed by atoms with Crippen molar-refractivity contribution in [3.8, 4) is 0 Å². The number of rotatable bonds is 4. The van der Waals surface area contributed by atoms with Gasteiger partial charge in [0.05, 0.1) is 5.69 Å². The Morgan fingerprint density at radius 1 is 1.53 bits per heavy atom. The van der Waals surface area contributed by atoms with E-state index >= 15 is 0 Å². The topological polar surface area (TPSA) is 59.8 Å². The molecule has 5 heteroatoms. The highest BCUT2D eigenvalue weighted by Crippen LogP contribution is 2.49. The summed E-state index contributed by atoms with van der Waals surface area (Å²) in [7, 11) is 0. The van der Waals surface area contributed by atoms with Crippen molar-refractivity contribution in [2.24, 2.45) is 17.8 Å². The summed E-state index contributed by atoms with van der Waals surface area (Å²) in [6, 6.07) is 0.285. The predicted octanol–water partition coefficient (Wildman–Crippen LogP) is 1.53. The first-order valence-electron chi connectivity index (χ1n) is 7.28. The summed E-state index contributed by atoms with van der Waals surface area (Å²) in [4.78, 5) is 12.0. The number of nitrogens with one attached hydrogen (secondary N) is 1. The van der Waals surface area contributed by atoms with E-state index in [9.17, 15) is 4.79 Å². The molecule has 5 nitrogen and oxygen atoms in total. The maximum Gasteiger partial charge on any atom is 0.242 e. The lowest BCUT2D eigenvalue weighted by Gasteiger charge is -2.28. The summed E-state index contributed by atoms with van der Waals surface area (Å²) in [6.45, 7) is 4.29. The van der Waals surface area contributed by atoms with Crippen LogP contribution < -0.4 is 5.32 Å². The lowest BCUT2D eigenvalue weighted by molar-refractivity contribution is -0.123. The van der Waals surface area contributed by atoms with E-state index in [1.807, 2.05) is 6.92 Å². The van der Waals surface area contributed by atoms with Crippen LogP contribution in [0.2, 0.25) is 0 Å². The van der Waals surface area contributed by atoms with Crippen LogP contribution in [0.4, 0.5) is 0 Å². The number of amides is 1. The third-order valence-corrected chi connectivity index (χ3v) is 4.78. The summed E-state index contributed by atoms with van der Waals surface area (Å²) >= 11 is 0. The largest absolute Gasteiger partial charge is 0.352 e. The second-order valence-corrected chi connectivity index (χ2v) is 6.25. The molecule has 1 amide bonds. The van der Waals surface area contributed by atoms with Gasteiger partial charge in [-0.05, 0) is 50.9 Å². The van der Waals surface area contributed by atoms with Gasteiger partial charge < -0.3 is 5.32 Å². The summed E-state index contributed by atoms with van der Waals surface area (Å²) in [5.74, 6) is 2.49. The minimum atomic E-state index is 0.0418. The molecule has 1 N–H and O–H groups in total. The van der Waals surface area contributed by atoms with E-state index in [0.29, 0.717) is 5.92 Å². The average Bonchev–Trinajstić information content (AvgIpc) is 3.05. The molecule has 2 bridgehead atoms. The molecule has 2 saturated carbocycles. The number of aromatic nitrogens is 3. The van der Waals surface area contributed by atoms with Gasteiger partial charge in [-0.1, -0.05) is 11.6 Å². The van der Waals surface area contributed by atoms with Gasteiger partial charge in [0.1, 0.15) is 6.54 Å². The Balaban J connectivity index is 1.52. The van der Waals surface area contributed by atoms with Gasteiger partial charge in [0, 0.05) is 12.2 Å². The Morgan fingerprint density at radius 2 is 2.37 bits per heavy atom. The minimum Gasteiger partial charge on any atom is -0.352 e. The number of nitrogens with zero attached hydrogens (tertiary/aromatic N) is 3. The molecule has 0 saturated heterocycles. The van der Waals surface area contributed by atoms with Crippen LogP contribution in [0.5, 0.6) is 0 Å². The van der Waals surface area contributed by atoms with E-state index in [4.69, 9.17) is 0 Å². The fourth-order valence-corrected chi connectivity index (χ4v) is 3.93. The smallest absolute Gasteiger partial charge is 0.242 e. The Kier molecular flexibility index (Phi) is 3.29. The number of carbonyl (C=O) groups excluding carboxylic acids is 1. The van der Waals surface area contributed by atoms with Gasteiger partial charge in [0.2, 0.25) is 5.91 Å². The zero-order chi connectivity index (χ0) is 13.4. The summed E-state index contributed by atoms with van der Waals surface area (Å²) in [5.41, 5.74) is 0.842. The Hall–Kier alpha value is -1.39. The molecule has 2 aliphatic rings. The molecule has 1 aromatic heterocycles. The standard InChI is InChI=1S/C14H22N4O/c1-9-7-18(17-16-9)8-14(19)15-10(2)13-6-11-3-4-12(13)5-11/h7,10-13H,3-6,8H2,1-2H3,(H,15,19)/t10-,11+,12+,13+/m0/s1. The van der Waals surface area contributed by atoms with Gasteiger partial charge in [-0.25, -0.2) is 4.68 Å². The summed E-state index contributed by atoms with van der Waals surface area (Å²) < 4.78 is 1.60. The molecule has 2 aliphatic carbocycles. The fraction of sp³-hybridized carbons (Fsp3) is 0.786. The molecule has 2 fully saturated rings. The molecule has 3 rings (SSSR count). The highest BCUT2D eigenvalue weighted by molar-refractivity contribution is 5.75. The molecular formula is C14H22N4O. The van der Waals surface area contributed by atoms with Crippen molar-refractivity contribution in [3.63, 3.8) is 0 Å². The van der Waals surface area contributed by atoms with Gasteiger partial charge in [-0.2, -0.15) is 0 Å². The predicted molar refractivity (Wildman–Crippen MR) is 71.3 cm³/mol. The van der Waals surface area contributed by atoms with Crippen LogP contribution in [-0.4, -0.2) is 26.9 Å². The first kappa shape index (κ1) is 12.6. The molecule has 0 unspecified atom stereocenters. The maximum atomic E-state index is 12.0. The minimum absolute atomic E-state index is 0.0418. The van der Waals surface area contributed by atoms with E-state index in [-0.39, 0.29) is 18.5 Å². The monoisotopic (exact) mass is 262 g/mol. The fourth-order valence-electron chi connectivity index (χ4n) is 3.93. The van der Waals surface area contributed by atoms with E-state index in [1.54, 1.807) is 10.9 Å². The van der Waals surface area contributed by atoms with Crippen molar-refractivity contribution < 1.29 is 4.79 Å². The molecular weight excluding hydrogens is 240 g/mol. The van der Waals surface area contributed by atoms with E-state index < -0.39 is 0 Å². The SMILES string of the molecule is Cc1cn(CC(=O)N[C@@H](C)[C@H]2C[C@@H]3CC[C@@H]2C3)nn1. The molecule has 1 aromatic rings. The molecule has 104 valence electrons. The van der Waals surface area contributed by atoms with Crippen LogP contribution in [0.25, 0.3) is 0 Å². The highest BCUT2D eigenvalue weighted by atomic mass is 16.2. The van der Waals surface area contributed by atoms with Gasteiger partial charge in [-0.15, -0.1) is 5.10 Å². The lowest BCUT2D eigenvalue weighted by atomic mass is 9.84. The number of hydrogen-bond donors (Lipinski definition) is 1. The summed E-state index contributed by atoms with van der Waals surface area (Å²) in [6.07, 6.45) is 7.24. The number of fused-ring (bicyclic) bond motifs is 2. The Labute approximate surface area is 113 Å². The molecule has 0 aromatic carbocycles. The van der Waals surface area contributed by atoms with Gasteiger partial charge >= 0.3 is 0 Å². The van der Waals surface area contributed by atoms with Crippen molar-refractivity contribution in [2.75, 3.05) is 0 Å². The molecule has 1 heterocycles. The van der Waals surface area contributed by atoms with Crippen LogP contribution >= 0.6 is 0 Å². The molecule has 0 aliphatic heterocycles. The highest BCUT2D eigenvalue weighted by Gasteiger charge is 2.42. The van der Waals surface area contributed by atoms with Crippen molar-refractivity contribution >= 4 is 5.91 Å². The van der Waals surface area contributed by atoms with Crippen LogP contribution in [-0.2, 0) is 11.3 Å². The van der Waals surface area contributed by atoms with Crippen LogP contribution in [0.1, 0.15) is 38.3 Å². The zero-order valence-electron chi connectivity index (χ0n) is 11.7. The first-order chi connectivity index (χ1) is 9.11. The normalized spacial score (nSPS) is 30.5. The van der Waals surface area contributed by atoms with Gasteiger partial charge in [0.25, 0.3) is 0 Å². The second-order valence-electron chi connectivity index (χ2n) is 6.25. The molecule has 4 atom stereocenters. The zero-order valence-corrected chi connectivity index (χ0v) is 11.7. The van der Waals surface area contributed by atoms with Crippen LogP contribution in [0.15, 0.2) is 6.20 Å². The lowest BCUT2D eigenvalue weighted by Crippen LogP contribution is -2.41. The maximum absolute atomic E-state index is 12.0. The molecule has 19 heavy (non-hydrogen) atoms. The van der Waals surface area contributed by atoms with Crippen molar-refractivity contribution in [3.05, 3.63) is 11.9 Å². The van der Waals surface area contributed by atoms with E-state index in [1.165, 1.54) is 25.7 Å². The van der Waals surface area contributed by atoms with Crippen molar-refractivity contribution in [2.45, 2.75) is 52.1 Å². The Morgan fingerprint density at radius 3 is 2.95 bits per heavy atom. The summed E-state index contributed by atoms with van der Waals surface area (Å²) in [5, 5.41) is 10.9. The second kappa shape index (κ2) is 4.94. The van der Waals surface area contributed by atoms with Crippen molar-refractivity contribution in [1.29, 1.82) is 0 Å². The van der Waals surface area contributed by atoms with E-state index in [0.717, 1.165) is 17.5 Å². The van der Waals surface area contributed by atoms with E-state index in [2.05, 4.69) is 22.6 Å². The van der Waals surface area contributed by atoms with Gasteiger partial charge in [-0.3, -0.25) is 4.79 Å². The number of hydrogen-bond acceptors (Lipinski definition) is 3.